The first-order chi connectivity index (χ1) is 5.20. The third-order valence-electron chi connectivity index (χ3n) is 2.02. The Hall–Kier alpha value is -0.300. The van der Waals surface area contributed by atoms with Crippen molar-refractivity contribution in [3.8, 4) is 0 Å². The van der Waals surface area contributed by atoms with Crippen LogP contribution in [0.4, 0.5) is 0 Å². The van der Waals surface area contributed by atoms with Gasteiger partial charge >= 0.3 is 0 Å². The molecule has 1 unspecified atom stereocenters. The van der Waals surface area contributed by atoms with Gasteiger partial charge < -0.3 is 5.32 Å². The quantitative estimate of drug-likeness (QED) is 0.602. The van der Waals surface area contributed by atoms with E-state index in [1.54, 1.807) is 0 Å². The van der Waals surface area contributed by atoms with Gasteiger partial charge in [-0.15, -0.1) is 0 Å². The van der Waals surface area contributed by atoms with Crippen molar-refractivity contribution in [2.45, 2.75) is 46.6 Å². The molecule has 1 heteroatoms. The predicted molar refractivity (Wildman–Crippen MR) is 51.8 cm³/mol. The van der Waals surface area contributed by atoms with E-state index < -0.39 is 0 Å². The Morgan fingerprint density at radius 1 is 1.55 bits per heavy atom. The molecule has 0 aromatic heterocycles. The second kappa shape index (κ2) is 6.41. The number of nitrogens with one attached hydrogen (secondary N) is 1. The third-order valence-corrected chi connectivity index (χ3v) is 2.02. The van der Waals surface area contributed by atoms with Crippen LogP contribution in [0.15, 0.2) is 11.6 Å². The predicted octanol–water partition coefficient (Wildman–Crippen LogP) is 2.73. The van der Waals surface area contributed by atoms with Crippen LogP contribution in [0.3, 0.4) is 0 Å². The van der Waals surface area contributed by atoms with Crippen LogP contribution in [-0.2, 0) is 0 Å². The molecule has 0 aliphatic heterocycles. The van der Waals surface area contributed by atoms with Crippen LogP contribution in [-0.4, -0.2) is 12.6 Å². The van der Waals surface area contributed by atoms with E-state index in [0.717, 1.165) is 6.54 Å². The molecule has 0 saturated carbocycles. The van der Waals surface area contributed by atoms with Gasteiger partial charge in [0, 0.05) is 6.04 Å². The van der Waals surface area contributed by atoms with Crippen LogP contribution in [0.25, 0.3) is 0 Å². The molecule has 0 heterocycles. The summed E-state index contributed by atoms with van der Waals surface area (Å²) < 4.78 is 0. The average molecular weight is 155 g/mol. The van der Waals surface area contributed by atoms with E-state index in [1.807, 2.05) is 0 Å². The van der Waals surface area contributed by atoms with Crippen molar-refractivity contribution in [1.82, 2.24) is 5.32 Å². The van der Waals surface area contributed by atoms with Crippen LogP contribution in [0.2, 0.25) is 0 Å². The molecule has 0 aromatic carbocycles. The van der Waals surface area contributed by atoms with E-state index >= 15 is 0 Å². The summed E-state index contributed by atoms with van der Waals surface area (Å²) in [6.07, 6.45) is 4.67. The summed E-state index contributed by atoms with van der Waals surface area (Å²) in [6.45, 7) is 9.77. The lowest BCUT2D eigenvalue weighted by atomic mass is 10.1. The molecule has 0 amide bonds. The van der Waals surface area contributed by atoms with Crippen molar-refractivity contribution in [2.75, 3.05) is 6.54 Å². The molecule has 0 radical (unpaired) electrons. The van der Waals surface area contributed by atoms with E-state index in [-0.39, 0.29) is 0 Å². The second-order valence-corrected chi connectivity index (χ2v) is 3.13. The van der Waals surface area contributed by atoms with Crippen LogP contribution in [0.1, 0.15) is 40.5 Å². The largest absolute Gasteiger partial charge is 0.315 e. The van der Waals surface area contributed by atoms with Gasteiger partial charge in [-0.05, 0) is 40.2 Å². The maximum Gasteiger partial charge on any atom is 0.00416 e. The number of allylic oxidation sites excluding steroid dienone is 2. The van der Waals surface area contributed by atoms with E-state index in [0.29, 0.717) is 6.04 Å². The van der Waals surface area contributed by atoms with Gasteiger partial charge in [0.15, 0.2) is 0 Å². The second-order valence-electron chi connectivity index (χ2n) is 3.13. The fraction of sp³-hybridized carbons (Fsp3) is 0.800. The lowest BCUT2D eigenvalue weighted by molar-refractivity contribution is 0.529. The standard InChI is InChI=1S/C10H21N/c1-5-9(3)7-8-10(4)11-6-2/h5,10-11H,6-8H2,1-4H3/b9-5+. The summed E-state index contributed by atoms with van der Waals surface area (Å²) in [7, 11) is 0. The smallest absolute Gasteiger partial charge is 0.00416 e. The summed E-state index contributed by atoms with van der Waals surface area (Å²) in [4.78, 5) is 0. The summed E-state index contributed by atoms with van der Waals surface area (Å²) in [5, 5.41) is 3.40. The first kappa shape index (κ1) is 10.7. The van der Waals surface area contributed by atoms with Crippen molar-refractivity contribution in [1.29, 1.82) is 0 Å². The molecule has 1 atom stereocenters. The SMILES string of the molecule is C/C=C(\C)CCC(C)NCC. The Morgan fingerprint density at radius 2 is 2.18 bits per heavy atom. The minimum absolute atomic E-state index is 0.662. The van der Waals surface area contributed by atoms with Gasteiger partial charge in [0.2, 0.25) is 0 Å². The minimum atomic E-state index is 0.662. The van der Waals surface area contributed by atoms with E-state index in [1.165, 1.54) is 18.4 Å². The number of hydrogen-bond donors (Lipinski definition) is 1. The van der Waals surface area contributed by atoms with Crippen LogP contribution < -0.4 is 5.32 Å². The zero-order valence-electron chi connectivity index (χ0n) is 8.28. The molecular weight excluding hydrogens is 134 g/mol. The highest BCUT2D eigenvalue weighted by atomic mass is 14.9. The number of hydrogen-bond acceptors (Lipinski definition) is 1. The Morgan fingerprint density at radius 3 is 2.64 bits per heavy atom. The first-order valence-corrected chi connectivity index (χ1v) is 4.55. The van der Waals surface area contributed by atoms with Gasteiger partial charge in [0.1, 0.15) is 0 Å². The topological polar surface area (TPSA) is 12.0 Å². The Labute approximate surface area is 70.9 Å². The van der Waals surface area contributed by atoms with E-state index in [4.69, 9.17) is 0 Å². The summed E-state index contributed by atoms with van der Waals surface area (Å²) in [5.74, 6) is 0. The summed E-state index contributed by atoms with van der Waals surface area (Å²) >= 11 is 0. The highest BCUT2D eigenvalue weighted by Crippen LogP contribution is 2.05. The molecule has 66 valence electrons. The van der Waals surface area contributed by atoms with Crippen LogP contribution in [0.5, 0.6) is 0 Å². The van der Waals surface area contributed by atoms with Crippen molar-refractivity contribution in [3.05, 3.63) is 11.6 Å². The number of rotatable bonds is 5. The molecule has 1 nitrogen and oxygen atoms in total. The van der Waals surface area contributed by atoms with Gasteiger partial charge in [-0.3, -0.25) is 0 Å². The lowest BCUT2D eigenvalue weighted by Crippen LogP contribution is -2.25. The van der Waals surface area contributed by atoms with Crippen molar-refractivity contribution in [2.24, 2.45) is 0 Å². The van der Waals surface area contributed by atoms with Gasteiger partial charge in [-0.1, -0.05) is 18.6 Å². The molecule has 0 saturated heterocycles. The van der Waals surface area contributed by atoms with Crippen molar-refractivity contribution in [3.63, 3.8) is 0 Å². The van der Waals surface area contributed by atoms with Crippen LogP contribution in [0, 0.1) is 0 Å². The molecule has 0 bridgehead atoms. The highest BCUT2D eigenvalue weighted by Gasteiger charge is 1.98. The monoisotopic (exact) mass is 155 g/mol. The van der Waals surface area contributed by atoms with E-state index in [9.17, 15) is 0 Å². The fourth-order valence-corrected chi connectivity index (χ4v) is 1.04. The minimum Gasteiger partial charge on any atom is -0.315 e. The molecular formula is C10H21N. The van der Waals surface area contributed by atoms with Crippen molar-refractivity contribution < 1.29 is 0 Å². The van der Waals surface area contributed by atoms with Crippen molar-refractivity contribution >= 4 is 0 Å². The maximum atomic E-state index is 3.40. The Balaban J connectivity index is 3.37. The Bertz CT molecular complexity index is 116. The first-order valence-electron chi connectivity index (χ1n) is 4.55. The zero-order chi connectivity index (χ0) is 8.69. The van der Waals surface area contributed by atoms with E-state index in [2.05, 4.69) is 39.1 Å². The zero-order valence-corrected chi connectivity index (χ0v) is 8.28. The lowest BCUT2D eigenvalue weighted by Gasteiger charge is -2.11. The fourth-order valence-electron chi connectivity index (χ4n) is 1.04. The highest BCUT2D eigenvalue weighted by molar-refractivity contribution is 4.95. The van der Waals surface area contributed by atoms with Gasteiger partial charge in [-0.2, -0.15) is 0 Å². The molecule has 0 spiro atoms. The molecule has 0 aromatic rings. The molecule has 11 heavy (non-hydrogen) atoms. The summed E-state index contributed by atoms with van der Waals surface area (Å²) in [6, 6.07) is 0.662. The maximum absolute atomic E-state index is 3.40. The molecule has 1 N–H and O–H groups in total. The molecule has 0 fully saturated rings. The van der Waals surface area contributed by atoms with Crippen LogP contribution >= 0.6 is 0 Å². The molecule has 0 aliphatic carbocycles. The molecule has 0 aliphatic rings. The molecule has 0 rings (SSSR count). The summed E-state index contributed by atoms with van der Waals surface area (Å²) in [5.41, 5.74) is 1.50. The van der Waals surface area contributed by atoms with Gasteiger partial charge in [-0.25, -0.2) is 0 Å². The average Bonchev–Trinajstić information content (AvgIpc) is 2.01. The normalized spacial score (nSPS) is 15.1. The van der Waals surface area contributed by atoms with Gasteiger partial charge in [0.05, 0.1) is 0 Å². The van der Waals surface area contributed by atoms with Gasteiger partial charge in [0.25, 0.3) is 0 Å². The Kier molecular flexibility index (Phi) is 6.24. The third kappa shape index (κ3) is 6.11.